The fourth-order valence-corrected chi connectivity index (χ4v) is 5.10. The van der Waals surface area contributed by atoms with Gasteiger partial charge in [0.25, 0.3) is 0 Å². The van der Waals surface area contributed by atoms with E-state index in [4.69, 9.17) is 23.2 Å². The number of benzene rings is 3. The zero-order chi connectivity index (χ0) is 28.9. The number of hydrogen-bond acceptors (Lipinski definition) is 2. The minimum Gasteiger partial charge on any atom is -0.327 e. The quantitative estimate of drug-likeness (QED) is 0.285. The number of hydrogen-bond donors (Lipinski definition) is 1. The summed E-state index contributed by atoms with van der Waals surface area (Å²) in [6.45, 7) is 12.7. The molecule has 0 saturated carbocycles. The van der Waals surface area contributed by atoms with Crippen molar-refractivity contribution in [2.75, 3.05) is 26.2 Å². The summed E-state index contributed by atoms with van der Waals surface area (Å²) >= 11 is 12.5. The Morgan fingerprint density at radius 2 is 1.50 bits per heavy atom. The van der Waals surface area contributed by atoms with Crippen LogP contribution in [0.5, 0.6) is 0 Å². The number of carbonyl (C=O) groups excluding carboxylic acids is 1. The lowest BCUT2D eigenvalue weighted by atomic mass is 9.99. The van der Waals surface area contributed by atoms with Crippen molar-refractivity contribution >= 4 is 29.2 Å². The van der Waals surface area contributed by atoms with Gasteiger partial charge in [-0.3, -0.25) is 4.90 Å². The van der Waals surface area contributed by atoms with Crippen molar-refractivity contribution in [1.29, 1.82) is 0 Å². The molecule has 210 valence electrons. The van der Waals surface area contributed by atoms with Gasteiger partial charge < -0.3 is 10.2 Å². The molecule has 1 saturated heterocycles. The predicted molar refractivity (Wildman–Crippen MR) is 170 cm³/mol. The Kier molecular flexibility index (Phi) is 12.5. The third-order valence-corrected chi connectivity index (χ3v) is 7.61. The number of urea groups is 1. The standard InChI is InChI=1S/C26H27Cl2N3O.C8H12/c1-19(23-13-12-22(27)18-24(23)28)30-14-16-31(17-15-30)26(32)29-25(20-8-4-2-5-9-20)21-10-6-3-7-11-21;1-4-6-7-8(3)5-2/h2-13,18-19,25H,14-17H2,1H3,(H,29,32);4-7H,1H2,2-3H3/b;7-6-,8-5-. The maximum Gasteiger partial charge on any atom is 0.318 e. The van der Waals surface area contributed by atoms with Crippen LogP contribution < -0.4 is 5.32 Å². The Balaban J connectivity index is 0.000000482. The SMILES string of the molecule is C=C/C=C\C(C)=C/C.CC(c1ccc(Cl)cc1Cl)N1CCN(C(=O)NC(c2ccccc2)c2ccccc2)CC1. The van der Waals surface area contributed by atoms with Crippen LogP contribution >= 0.6 is 23.2 Å². The molecule has 1 fully saturated rings. The van der Waals surface area contributed by atoms with Crippen LogP contribution in [0.3, 0.4) is 0 Å². The maximum absolute atomic E-state index is 13.2. The molecule has 0 bridgehead atoms. The van der Waals surface area contributed by atoms with E-state index >= 15 is 0 Å². The third kappa shape index (κ3) is 9.12. The van der Waals surface area contributed by atoms with E-state index in [0.29, 0.717) is 23.1 Å². The molecule has 2 amide bonds. The number of rotatable bonds is 7. The molecule has 1 aliphatic rings. The highest BCUT2D eigenvalue weighted by molar-refractivity contribution is 6.35. The van der Waals surface area contributed by atoms with Crippen molar-refractivity contribution in [3.8, 4) is 0 Å². The Morgan fingerprint density at radius 3 is 2.00 bits per heavy atom. The molecule has 40 heavy (non-hydrogen) atoms. The van der Waals surface area contributed by atoms with Gasteiger partial charge in [0.1, 0.15) is 0 Å². The van der Waals surface area contributed by atoms with E-state index in [1.807, 2.05) is 96.8 Å². The molecule has 0 spiro atoms. The summed E-state index contributed by atoms with van der Waals surface area (Å²) in [6, 6.07) is 25.7. The number of carbonyl (C=O) groups is 1. The van der Waals surface area contributed by atoms with E-state index in [1.54, 1.807) is 12.1 Å². The molecule has 1 atom stereocenters. The van der Waals surface area contributed by atoms with Gasteiger partial charge in [0.2, 0.25) is 0 Å². The number of allylic oxidation sites excluding steroid dienone is 5. The topological polar surface area (TPSA) is 35.6 Å². The lowest BCUT2D eigenvalue weighted by molar-refractivity contribution is 0.113. The molecule has 0 aromatic heterocycles. The molecule has 0 aliphatic carbocycles. The molecule has 1 heterocycles. The maximum atomic E-state index is 13.2. The summed E-state index contributed by atoms with van der Waals surface area (Å²) in [5.74, 6) is 0. The highest BCUT2D eigenvalue weighted by Gasteiger charge is 2.27. The van der Waals surface area contributed by atoms with Gasteiger partial charge in [-0.05, 0) is 49.6 Å². The van der Waals surface area contributed by atoms with Crippen LogP contribution in [0.25, 0.3) is 0 Å². The van der Waals surface area contributed by atoms with Crippen LogP contribution in [0.2, 0.25) is 10.0 Å². The predicted octanol–water partition coefficient (Wildman–Crippen LogP) is 8.87. The van der Waals surface area contributed by atoms with E-state index in [1.165, 1.54) is 5.57 Å². The number of nitrogens with one attached hydrogen (secondary N) is 1. The highest BCUT2D eigenvalue weighted by Crippen LogP contribution is 2.30. The van der Waals surface area contributed by atoms with Crippen molar-refractivity contribution in [3.05, 3.63) is 142 Å². The molecule has 4 rings (SSSR count). The van der Waals surface area contributed by atoms with Gasteiger partial charge >= 0.3 is 6.03 Å². The van der Waals surface area contributed by atoms with Gasteiger partial charge in [-0.2, -0.15) is 0 Å². The summed E-state index contributed by atoms with van der Waals surface area (Å²) in [5.41, 5.74) is 4.46. The lowest BCUT2D eigenvalue weighted by Gasteiger charge is -2.39. The first-order valence-electron chi connectivity index (χ1n) is 13.6. The van der Waals surface area contributed by atoms with Gasteiger partial charge in [-0.1, -0.05) is 126 Å². The molecular weight excluding hydrogens is 537 g/mol. The van der Waals surface area contributed by atoms with E-state index in [0.717, 1.165) is 29.8 Å². The summed E-state index contributed by atoms with van der Waals surface area (Å²) < 4.78 is 0. The van der Waals surface area contributed by atoms with Crippen LogP contribution in [-0.4, -0.2) is 42.0 Å². The molecule has 1 aliphatic heterocycles. The highest BCUT2D eigenvalue weighted by atomic mass is 35.5. The van der Waals surface area contributed by atoms with Gasteiger partial charge in [0.15, 0.2) is 0 Å². The third-order valence-electron chi connectivity index (χ3n) is 7.05. The molecule has 4 nitrogen and oxygen atoms in total. The Hall–Kier alpha value is -3.31. The number of halogens is 2. The van der Waals surface area contributed by atoms with E-state index < -0.39 is 0 Å². The normalized spacial score (nSPS) is 14.9. The van der Waals surface area contributed by atoms with Crippen molar-refractivity contribution in [2.24, 2.45) is 0 Å². The fourth-order valence-electron chi connectivity index (χ4n) is 4.53. The van der Waals surface area contributed by atoms with Crippen molar-refractivity contribution in [1.82, 2.24) is 15.1 Å². The Labute approximate surface area is 249 Å². The average Bonchev–Trinajstić information content (AvgIpc) is 2.99. The van der Waals surface area contributed by atoms with E-state index in [2.05, 4.69) is 36.7 Å². The van der Waals surface area contributed by atoms with Crippen LogP contribution in [0.1, 0.15) is 49.5 Å². The number of nitrogens with zero attached hydrogens (tertiary/aromatic N) is 2. The number of amides is 2. The molecular formula is C34H39Cl2N3O. The summed E-state index contributed by atoms with van der Waals surface area (Å²) in [4.78, 5) is 17.4. The summed E-state index contributed by atoms with van der Waals surface area (Å²) in [6.07, 6.45) is 7.77. The average molecular weight is 577 g/mol. The molecule has 6 heteroatoms. The van der Waals surface area contributed by atoms with Crippen molar-refractivity contribution < 1.29 is 4.79 Å². The van der Waals surface area contributed by atoms with Gasteiger partial charge in [-0.15, -0.1) is 0 Å². The van der Waals surface area contributed by atoms with Crippen molar-refractivity contribution in [3.63, 3.8) is 0 Å². The minimum absolute atomic E-state index is 0.0421. The molecule has 0 radical (unpaired) electrons. The second-order valence-corrected chi connectivity index (χ2v) is 10.5. The number of piperazine rings is 1. The van der Waals surface area contributed by atoms with Crippen LogP contribution in [0, 0.1) is 0 Å². The Morgan fingerprint density at radius 1 is 0.925 bits per heavy atom. The van der Waals surface area contributed by atoms with Crippen LogP contribution in [0.4, 0.5) is 4.79 Å². The first kappa shape index (κ1) is 31.2. The second-order valence-electron chi connectivity index (χ2n) is 9.70. The zero-order valence-electron chi connectivity index (χ0n) is 23.6. The largest absolute Gasteiger partial charge is 0.327 e. The molecule has 3 aromatic rings. The smallest absolute Gasteiger partial charge is 0.318 e. The Bertz CT molecular complexity index is 1240. The van der Waals surface area contributed by atoms with Crippen LogP contribution in [-0.2, 0) is 0 Å². The molecule has 1 N–H and O–H groups in total. The van der Waals surface area contributed by atoms with Crippen LogP contribution in [0.15, 0.2) is 115 Å². The van der Waals surface area contributed by atoms with E-state index in [-0.39, 0.29) is 18.1 Å². The summed E-state index contributed by atoms with van der Waals surface area (Å²) in [7, 11) is 0. The monoisotopic (exact) mass is 575 g/mol. The lowest BCUT2D eigenvalue weighted by Crippen LogP contribution is -2.52. The minimum atomic E-state index is -0.185. The van der Waals surface area contributed by atoms with E-state index in [9.17, 15) is 4.79 Å². The summed E-state index contributed by atoms with van der Waals surface area (Å²) in [5, 5.41) is 4.56. The van der Waals surface area contributed by atoms with Gasteiger partial charge in [0.05, 0.1) is 6.04 Å². The van der Waals surface area contributed by atoms with Gasteiger partial charge in [-0.25, -0.2) is 4.79 Å². The second kappa shape index (κ2) is 16.1. The first-order valence-corrected chi connectivity index (χ1v) is 14.4. The first-order chi connectivity index (χ1) is 19.3. The zero-order valence-corrected chi connectivity index (χ0v) is 25.1. The van der Waals surface area contributed by atoms with Crippen molar-refractivity contribution in [2.45, 2.75) is 32.9 Å². The fraction of sp³-hybridized carbons (Fsp3) is 0.265. The molecule has 3 aromatic carbocycles. The van der Waals surface area contributed by atoms with Gasteiger partial charge in [0, 0.05) is 42.3 Å². The molecule has 1 unspecified atom stereocenters.